The van der Waals surface area contributed by atoms with E-state index in [9.17, 15) is 14.7 Å². The number of carbonyl (C=O) groups is 2. The van der Waals surface area contributed by atoms with E-state index < -0.39 is 11.6 Å². The Bertz CT molecular complexity index is 542. The molecule has 2 aliphatic heterocycles. The number of nitrogens with zero attached hydrogens (tertiary/aromatic N) is 1. The number of carboxylic acid groups (broad SMARTS) is 1. The fourth-order valence-corrected chi connectivity index (χ4v) is 4.19. The quantitative estimate of drug-likeness (QED) is 0.586. The molecule has 7 heteroatoms. The first-order chi connectivity index (χ1) is 9.62. The van der Waals surface area contributed by atoms with Crippen LogP contribution in [0.25, 0.3) is 0 Å². The summed E-state index contributed by atoms with van der Waals surface area (Å²) < 4.78 is 0. The molecular weight excluding hydrogens is 299 g/mol. The van der Waals surface area contributed by atoms with Crippen LogP contribution in [0, 0.1) is 0 Å². The van der Waals surface area contributed by atoms with Crippen LogP contribution in [0.4, 0.5) is 0 Å². The summed E-state index contributed by atoms with van der Waals surface area (Å²) in [4.78, 5) is 25.5. The number of hydrogen-bond donors (Lipinski definition) is 1. The molecule has 106 valence electrons. The average Bonchev–Trinajstić information content (AvgIpc) is 2.62. The molecular formula is C14H15N2NaO3S. The van der Waals surface area contributed by atoms with Crippen molar-refractivity contribution in [2.75, 3.05) is 12.3 Å². The van der Waals surface area contributed by atoms with Crippen molar-refractivity contribution >= 4 is 23.6 Å². The number of nitrogens with one attached hydrogen (secondary N) is 1. The molecule has 1 N–H and O–H groups in total. The Labute approximate surface area is 149 Å². The molecule has 1 amide bonds. The van der Waals surface area contributed by atoms with Gasteiger partial charge in [0, 0.05) is 12.3 Å². The fourth-order valence-electron chi connectivity index (χ4n) is 2.66. The summed E-state index contributed by atoms with van der Waals surface area (Å²) in [6.07, 6.45) is 1.15. The van der Waals surface area contributed by atoms with Crippen LogP contribution in [0.15, 0.2) is 30.3 Å². The van der Waals surface area contributed by atoms with E-state index in [-0.39, 0.29) is 47.3 Å². The molecule has 0 spiro atoms. The van der Waals surface area contributed by atoms with E-state index in [2.05, 4.69) is 5.32 Å². The van der Waals surface area contributed by atoms with Gasteiger partial charge in [-0.3, -0.25) is 9.69 Å². The zero-order valence-electron chi connectivity index (χ0n) is 11.9. The molecule has 5 nitrogen and oxygen atoms in total. The SMILES string of the molecule is O=C(Cc1ccccc1)NC1(C(=O)[O-])CSC2CCN21.[Na+]. The summed E-state index contributed by atoms with van der Waals surface area (Å²) in [5.41, 5.74) is -0.469. The molecule has 2 atom stereocenters. The molecule has 0 saturated carbocycles. The normalized spacial score (nSPS) is 27.1. The van der Waals surface area contributed by atoms with Crippen LogP contribution in [0.1, 0.15) is 12.0 Å². The Hall–Kier alpha value is -0.530. The second-order valence-corrected chi connectivity index (χ2v) is 6.27. The summed E-state index contributed by atoms with van der Waals surface area (Å²) in [5.74, 6) is -1.15. The number of amides is 1. The number of carbonyl (C=O) groups excluding carboxylic acids is 2. The number of fused-ring (bicyclic) bond motifs is 1. The van der Waals surface area contributed by atoms with Gasteiger partial charge < -0.3 is 15.2 Å². The van der Waals surface area contributed by atoms with E-state index in [1.807, 2.05) is 35.2 Å². The molecule has 1 aromatic rings. The maximum Gasteiger partial charge on any atom is 1.00 e. The Morgan fingerprint density at radius 1 is 1.38 bits per heavy atom. The molecule has 2 fully saturated rings. The molecule has 21 heavy (non-hydrogen) atoms. The van der Waals surface area contributed by atoms with Gasteiger partial charge in [0.05, 0.1) is 17.8 Å². The van der Waals surface area contributed by atoms with Crippen molar-refractivity contribution in [3.8, 4) is 0 Å². The standard InChI is InChI=1S/C14H16N2O3S.Na/c17-11(8-10-4-2-1-3-5-10)15-14(13(18)19)9-20-12-6-7-16(12)14;/h1-5,12H,6-9H2,(H,15,17)(H,18,19);/q;+1/p-1. The van der Waals surface area contributed by atoms with E-state index in [4.69, 9.17) is 0 Å². The predicted molar refractivity (Wildman–Crippen MR) is 73.6 cm³/mol. The van der Waals surface area contributed by atoms with Gasteiger partial charge in [-0.25, -0.2) is 0 Å². The van der Waals surface area contributed by atoms with Gasteiger partial charge in [-0.05, 0) is 12.0 Å². The molecule has 0 aliphatic carbocycles. The van der Waals surface area contributed by atoms with E-state index in [0.717, 1.165) is 12.0 Å². The van der Waals surface area contributed by atoms with Crippen molar-refractivity contribution in [3.63, 3.8) is 0 Å². The molecule has 0 aromatic heterocycles. The molecule has 0 radical (unpaired) electrons. The number of carboxylic acids is 1. The van der Waals surface area contributed by atoms with Gasteiger partial charge in [0.25, 0.3) is 0 Å². The van der Waals surface area contributed by atoms with Gasteiger partial charge in [-0.15, -0.1) is 11.8 Å². The number of aliphatic carboxylic acids is 1. The van der Waals surface area contributed by atoms with Crippen LogP contribution < -0.4 is 40.0 Å². The first-order valence-corrected chi connectivity index (χ1v) is 7.61. The second kappa shape index (κ2) is 6.71. The van der Waals surface area contributed by atoms with E-state index in [1.54, 1.807) is 11.8 Å². The molecule has 2 aliphatic rings. The van der Waals surface area contributed by atoms with Crippen molar-refractivity contribution in [2.45, 2.75) is 23.9 Å². The van der Waals surface area contributed by atoms with Crippen LogP contribution >= 0.6 is 11.8 Å². The third-order valence-corrected chi connectivity index (χ3v) is 5.29. The summed E-state index contributed by atoms with van der Waals surface area (Å²) in [6.45, 7) is 0.692. The fraction of sp³-hybridized carbons (Fsp3) is 0.429. The largest absolute Gasteiger partial charge is 1.00 e. The topological polar surface area (TPSA) is 72.5 Å². The predicted octanol–water partition coefficient (Wildman–Crippen LogP) is -3.43. The van der Waals surface area contributed by atoms with E-state index in [1.165, 1.54) is 0 Å². The van der Waals surface area contributed by atoms with Gasteiger partial charge in [0.2, 0.25) is 5.91 Å². The van der Waals surface area contributed by atoms with Crippen LogP contribution in [0.5, 0.6) is 0 Å². The van der Waals surface area contributed by atoms with E-state index in [0.29, 0.717) is 12.3 Å². The van der Waals surface area contributed by atoms with Crippen molar-refractivity contribution in [1.82, 2.24) is 10.2 Å². The summed E-state index contributed by atoms with van der Waals surface area (Å²) in [5, 5.41) is 14.4. The van der Waals surface area contributed by atoms with Crippen LogP contribution in [-0.2, 0) is 16.0 Å². The minimum Gasteiger partial charge on any atom is -0.546 e. The first kappa shape index (κ1) is 16.8. The molecule has 0 bridgehead atoms. The van der Waals surface area contributed by atoms with Crippen molar-refractivity contribution in [2.24, 2.45) is 0 Å². The van der Waals surface area contributed by atoms with Gasteiger partial charge >= 0.3 is 29.6 Å². The van der Waals surface area contributed by atoms with Gasteiger partial charge in [0.1, 0.15) is 5.66 Å². The average molecular weight is 314 g/mol. The maximum absolute atomic E-state index is 12.1. The van der Waals surface area contributed by atoms with Gasteiger partial charge in [-0.1, -0.05) is 30.3 Å². The van der Waals surface area contributed by atoms with E-state index >= 15 is 0 Å². The van der Waals surface area contributed by atoms with Crippen molar-refractivity contribution in [3.05, 3.63) is 35.9 Å². The minimum atomic E-state index is -1.33. The number of benzene rings is 1. The molecule has 3 rings (SSSR count). The van der Waals surface area contributed by atoms with Crippen molar-refractivity contribution in [1.29, 1.82) is 0 Å². The molecule has 2 heterocycles. The number of thioether (sulfide) groups is 1. The monoisotopic (exact) mass is 314 g/mol. The Kier molecular flexibility index (Phi) is 5.38. The summed E-state index contributed by atoms with van der Waals surface area (Å²) in [7, 11) is 0. The van der Waals surface area contributed by atoms with Crippen LogP contribution in [0.3, 0.4) is 0 Å². The third kappa shape index (κ3) is 3.14. The maximum atomic E-state index is 12.1. The third-order valence-electron chi connectivity index (χ3n) is 3.83. The number of hydrogen-bond acceptors (Lipinski definition) is 5. The zero-order chi connectivity index (χ0) is 14.2. The number of rotatable bonds is 4. The van der Waals surface area contributed by atoms with Crippen LogP contribution in [-0.4, -0.2) is 40.1 Å². The zero-order valence-corrected chi connectivity index (χ0v) is 14.7. The molecule has 1 aromatic carbocycles. The smallest absolute Gasteiger partial charge is 0.546 e. The first-order valence-electron chi connectivity index (χ1n) is 6.56. The Morgan fingerprint density at radius 2 is 2.10 bits per heavy atom. The molecule has 2 unspecified atom stereocenters. The Morgan fingerprint density at radius 3 is 2.62 bits per heavy atom. The summed E-state index contributed by atoms with van der Waals surface area (Å²) in [6, 6.07) is 9.28. The Balaban J connectivity index is 0.00000161. The van der Waals surface area contributed by atoms with Crippen LogP contribution in [0.2, 0.25) is 0 Å². The van der Waals surface area contributed by atoms with Crippen molar-refractivity contribution < 1.29 is 44.3 Å². The second-order valence-electron chi connectivity index (χ2n) is 5.11. The minimum absolute atomic E-state index is 0. The summed E-state index contributed by atoms with van der Waals surface area (Å²) >= 11 is 1.57. The van der Waals surface area contributed by atoms with Gasteiger partial charge in [-0.2, -0.15) is 0 Å². The van der Waals surface area contributed by atoms with Gasteiger partial charge in [0.15, 0.2) is 0 Å². The molecule has 2 saturated heterocycles.